The first-order chi connectivity index (χ1) is 9.99. The van der Waals surface area contributed by atoms with Gasteiger partial charge in [-0.2, -0.15) is 0 Å². The summed E-state index contributed by atoms with van der Waals surface area (Å²) in [5.74, 6) is -0.0686. The van der Waals surface area contributed by atoms with Crippen molar-refractivity contribution in [1.82, 2.24) is 5.32 Å². The number of rotatable bonds is 4. The molecule has 1 N–H and O–H groups in total. The number of halogens is 1. The molecular weight excluding hydrogens is 265 g/mol. The molecule has 0 heterocycles. The maximum absolute atomic E-state index is 13.7. The average molecular weight is 285 g/mol. The first kappa shape index (κ1) is 15.2. The SMILES string of the molecule is CC(C)c1ccc(C(=O)N[C@@H](C)c2ccccc2F)cc1. The van der Waals surface area contributed by atoms with Gasteiger partial charge in [-0.15, -0.1) is 0 Å². The third-order valence-corrected chi connectivity index (χ3v) is 3.56. The van der Waals surface area contributed by atoms with E-state index in [2.05, 4.69) is 19.2 Å². The van der Waals surface area contributed by atoms with Gasteiger partial charge in [-0.3, -0.25) is 4.79 Å². The van der Waals surface area contributed by atoms with Crippen LogP contribution in [-0.4, -0.2) is 5.91 Å². The molecule has 0 aliphatic carbocycles. The van der Waals surface area contributed by atoms with E-state index in [0.29, 0.717) is 17.0 Å². The Morgan fingerprint density at radius 1 is 1.00 bits per heavy atom. The quantitative estimate of drug-likeness (QED) is 0.884. The van der Waals surface area contributed by atoms with E-state index in [9.17, 15) is 9.18 Å². The molecule has 0 unspecified atom stereocenters. The summed E-state index contributed by atoms with van der Waals surface area (Å²) in [6, 6.07) is 13.6. The van der Waals surface area contributed by atoms with Crippen molar-refractivity contribution in [1.29, 1.82) is 0 Å². The normalized spacial score (nSPS) is 12.2. The van der Waals surface area contributed by atoms with Gasteiger partial charge in [-0.05, 0) is 36.6 Å². The lowest BCUT2D eigenvalue weighted by molar-refractivity contribution is 0.0939. The third kappa shape index (κ3) is 3.69. The van der Waals surface area contributed by atoms with Gasteiger partial charge in [0.25, 0.3) is 5.91 Å². The van der Waals surface area contributed by atoms with Crippen LogP contribution in [0.25, 0.3) is 0 Å². The van der Waals surface area contributed by atoms with Crippen molar-refractivity contribution in [3.63, 3.8) is 0 Å². The van der Waals surface area contributed by atoms with Gasteiger partial charge in [0.2, 0.25) is 0 Å². The van der Waals surface area contributed by atoms with Crippen LogP contribution in [0.4, 0.5) is 4.39 Å². The molecule has 0 fully saturated rings. The number of hydrogen-bond donors (Lipinski definition) is 1. The Morgan fingerprint density at radius 3 is 2.19 bits per heavy atom. The number of amides is 1. The largest absolute Gasteiger partial charge is 0.345 e. The molecule has 1 amide bonds. The zero-order valence-electron chi connectivity index (χ0n) is 12.6. The van der Waals surface area contributed by atoms with Gasteiger partial charge < -0.3 is 5.32 Å². The summed E-state index contributed by atoms with van der Waals surface area (Å²) >= 11 is 0. The van der Waals surface area contributed by atoms with Gasteiger partial charge >= 0.3 is 0 Å². The summed E-state index contributed by atoms with van der Waals surface area (Å²) in [5, 5.41) is 2.82. The molecular formula is C18H20FNO. The van der Waals surface area contributed by atoms with Crippen LogP contribution in [0, 0.1) is 5.82 Å². The van der Waals surface area contributed by atoms with Crippen molar-refractivity contribution in [3.8, 4) is 0 Å². The number of carbonyl (C=O) groups is 1. The van der Waals surface area contributed by atoms with E-state index >= 15 is 0 Å². The lowest BCUT2D eigenvalue weighted by Crippen LogP contribution is -2.27. The summed E-state index contributed by atoms with van der Waals surface area (Å²) in [7, 11) is 0. The highest BCUT2D eigenvalue weighted by Gasteiger charge is 2.14. The molecule has 2 rings (SSSR count). The monoisotopic (exact) mass is 285 g/mol. The molecule has 0 radical (unpaired) electrons. The highest BCUT2D eigenvalue weighted by atomic mass is 19.1. The Morgan fingerprint density at radius 2 is 1.62 bits per heavy atom. The predicted molar refractivity (Wildman–Crippen MR) is 82.8 cm³/mol. The topological polar surface area (TPSA) is 29.1 Å². The van der Waals surface area contributed by atoms with Gasteiger partial charge in [0.1, 0.15) is 5.82 Å². The zero-order valence-corrected chi connectivity index (χ0v) is 12.6. The minimum absolute atomic E-state index is 0.193. The molecule has 3 heteroatoms. The molecule has 0 aliphatic rings. The zero-order chi connectivity index (χ0) is 15.4. The molecule has 110 valence electrons. The van der Waals surface area contributed by atoms with E-state index in [1.165, 1.54) is 11.6 Å². The van der Waals surface area contributed by atoms with Crippen LogP contribution in [0.3, 0.4) is 0 Å². The van der Waals surface area contributed by atoms with Gasteiger partial charge in [0.05, 0.1) is 6.04 Å². The predicted octanol–water partition coefficient (Wildman–Crippen LogP) is 4.44. The minimum atomic E-state index is -0.372. The fourth-order valence-corrected chi connectivity index (χ4v) is 2.20. The van der Waals surface area contributed by atoms with E-state index in [1.54, 1.807) is 37.3 Å². The highest BCUT2D eigenvalue weighted by Crippen LogP contribution is 2.18. The molecule has 2 aromatic carbocycles. The summed E-state index contributed by atoms with van der Waals surface area (Å²) in [4.78, 5) is 12.2. The van der Waals surface area contributed by atoms with Crippen molar-refractivity contribution in [2.24, 2.45) is 0 Å². The first-order valence-corrected chi connectivity index (χ1v) is 7.14. The second-order valence-corrected chi connectivity index (χ2v) is 5.49. The molecule has 0 saturated heterocycles. The van der Waals surface area contributed by atoms with Crippen LogP contribution >= 0.6 is 0 Å². The smallest absolute Gasteiger partial charge is 0.251 e. The molecule has 2 nitrogen and oxygen atoms in total. The molecule has 0 saturated carbocycles. The van der Waals surface area contributed by atoms with Crippen molar-refractivity contribution in [3.05, 3.63) is 71.0 Å². The second-order valence-electron chi connectivity index (χ2n) is 5.49. The van der Waals surface area contributed by atoms with Crippen LogP contribution in [0.15, 0.2) is 48.5 Å². The summed E-state index contributed by atoms with van der Waals surface area (Å²) in [6.07, 6.45) is 0. The molecule has 0 aromatic heterocycles. The Kier molecular flexibility index (Phi) is 4.73. The standard InChI is InChI=1S/C18H20FNO/c1-12(2)14-8-10-15(11-9-14)18(21)20-13(3)16-6-4-5-7-17(16)19/h4-13H,1-3H3,(H,20,21)/t13-/m0/s1. The summed E-state index contributed by atoms with van der Waals surface area (Å²) in [5.41, 5.74) is 2.26. The van der Waals surface area contributed by atoms with E-state index in [0.717, 1.165) is 0 Å². The van der Waals surface area contributed by atoms with Crippen molar-refractivity contribution >= 4 is 5.91 Å². The van der Waals surface area contributed by atoms with E-state index in [4.69, 9.17) is 0 Å². The van der Waals surface area contributed by atoms with Crippen LogP contribution in [0.5, 0.6) is 0 Å². The van der Waals surface area contributed by atoms with E-state index in [1.807, 2.05) is 12.1 Å². The molecule has 21 heavy (non-hydrogen) atoms. The molecule has 1 atom stereocenters. The maximum Gasteiger partial charge on any atom is 0.251 e. The van der Waals surface area contributed by atoms with Gasteiger partial charge in [-0.25, -0.2) is 4.39 Å². The minimum Gasteiger partial charge on any atom is -0.345 e. The van der Waals surface area contributed by atoms with Crippen LogP contribution in [0.2, 0.25) is 0 Å². The summed E-state index contributed by atoms with van der Waals surface area (Å²) < 4.78 is 13.7. The van der Waals surface area contributed by atoms with Crippen molar-refractivity contribution in [2.45, 2.75) is 32.7 Å². The molecule has 0 spiro atoms. The van der Waals surface area contributed by atoms with Crippen LogP contribution in [0.1, 0.15) is 54.2 Å². The first-order valence-electron chi connectivity index (χ1n) is 7.14. The van der Waals surface area contributed by atoms with Gasteiger partial charge in [0, 0.05) is 11.1 Å². The number of hydrogen-bond acceptors (Lipinski definition) is 1. The molecule has 2 aromatic rings. The lowest BCUT2D eigenvalue weighted by Gasteiger charge is -2.15. The average Bonchev–Trinajstić information content (AvgIpc) is 2.47. The lowest BCUT2D eigenvalue weighted by atomic mass is 10.0. The van der Waals surface area contributed by atoms with E-state index in [-0.39, 0.29) is 17.8 Å². The number of nitrogens with one attached hydrogen (secondary N) is 1. The second kappa shape index (κ2) is 6.53. The van der Waals surface area contributed by atoms with Crippen LogP contribution in [-0.2, 0) is 0 Å². The van der Waals surface area contributed by atoms with E-state index < -0.39 is 0 Å². The number of benzene rings is 2. The Balaban J connectivity index is 2.09. The fourth-order valence-electron chi connectivity index (χ4n) is 2.20. The summed E-state index contributed by atoms with van der Waals surface area (Å²) in [6.45, 7) is 5.99. The fraction of sp³-hybridized carbons (Fsp3) is 0.278. The van der Waals surface area contributed by atoms with Crippen molar-refractivity contribution in [2.75, 3.05) is 0 Å². The van der Waals surface area contributed by atoms with Crippen molar-refractivity contribution < 1.29 is 9.18 Å². The van der Waals surface area contributed by atoms with Crippen LogP contribution < -0.4 is 5.32 Å². The number of carbonyl (C=O) groups excluding carboxylic acids is 1. The Bertz CT molecular complexity index is 619. The van der Waals surface area contributed by atoms with Gasteiger partial charge in [-0.1, -0.05) is 44.2 Å². The molecule has 0 bridgehead atoms. The maximum atomic E-state index is 13.7. The Labute approximate surface area is 125 Å². The molecule has 0 aliphatic heterocycles. The Hall–Kier alpha value is -2.16. The van der Waals surface area contributed by atoms with Gasteiger partial charge in [0.15, 0.2) is 0 Å². The highest BCUT2D eigenvalue weighted by molar-refractivity contribution is 5.94. The third-order valence-electron chi connectivity index (χ3n) is 3.56.